The summed E-state index contributed by atoms with van der Waals surface area (Å²) in [7, 11) is 4.33. The van der Waals surface area contributed by atoms with E-state index in [0.717, 1.165) is 0 Å². The standard InChI is InChI=1S/C34H59N3O9/c1-16-22(12)25-34(43)46-27(20(8)9)30(39)36(14)23(17(2)3)32(41)44-26(19(6)7)29(38)35(13)24(18(4)5)33(42)45-28(21(10)11)31(40)37(25)15/h17-28H,16H2,1-15H3/t22-,23+,24+,25+,26+,27+,28+/m0/s1. The molecule has 7 atom stereocenters. The van der Waals surface area contributed by atoms with Crippen LogP contribution >= 0.6 is 0 Å². The number of amides is 3. The van der Waals surface area contributed by atoms with Gasteiger partial charge in [0.05, 0.1) is 0 Å². The van der Waals surface area contributed by atoms with Gasteiger partial charge in [0.1, 0.15) is 18.1 Å². The Labute approximate surface area is 275 Å². The van der Waals surface area contributed by atoms with Crippen molar-refractivity contribution in [3.05, 3.63) is 0 Å². The molecule has 12 nitrogen and oxygen atoms in total. The number of hydrogen-bond donors (Lipinski definition) is 0. The molecule has 0 unspecified atom stereocenters. The van der Waals surface area contributed by atoms with Crippen molar-refractivity contribution >= 4 is 35.6 Å². The van der Waals surface area contributed by atoms with E-state index in [2.05, 4.69) is 0 Å². The average Bonchev–Trinajstić information content (AvgIpc) is 2.94. The summed E-state index contributed by atoms with van der Waals surface area (Å²) in [6, 6.07) is -3.32. The summed E-state index contributed by atoms with van der Waals surface area (Å²) < 4.78 is 17.5. The fourth-order valence-electron chi connectivity index (χ4n) is 5.76. The molecule has 0 spiro atoms. The van der Waals surface area contributed by atoms with Crippen molar-refractivity contribution in [3.63, 3.8) is 0 Å². The van der Waals surface area contributed by atoms with Crippen LogP contribution in [0.1, 0.15) is 89.5 Å². The highest BCUT2D eigenvalue weighted by Crippen LogP contribution is 2.25. The molecule has 1 aliphatic rings. The van der Waals surface area contributed by atoms with Gasteiger partial charge in [0.25, 0.3) is 17.7 Å². The zero-order chi connectivity index (χ0) is 36.0. The Bertz CT molecular complexity index is 1090. The molecule has 1 saturated heterocycles. The topological polar surface area (TPSA) is 140 Å². The Morgan fingerprint density at radius 3 is 0.913 bits per heavy atom. The van der Waals surface area contributed by atoms with Crippen LogP contribution in [0, 0.1) is 35.5 Å². The molecule has 1 rings (SSSR count). The highest BCUT2D eigenvalue weighted by molar-refractivity contribution is 5.94. The normalized spacial score (nSPS) is 27.8. The van der Waals surface area contributed by atoms with Gasteiger partial charge in [0, 0.05) is 21.1 Å². The first-order valence-electron chi connectivity index (χ1n) is 16.5. The van der Waals surface area contributed by atoms with Crippen LogP contribution in [0.3, 0.4) is 0 Å². The Hall–Kier alpha value is -3.18. The number of nitrogens with zero attached hydrogens (tertiary/aromatic N) is 3. The number of ether oxygens (including phenoxy) is 3. The minimum atomic E-state index is -1.28. The molecule has 0 saturated carbocycles. The van der Waals surface area contributed by atoms with E-state index in [4.69, 9.17) is 14.2 Å². The summed E-state index contributed by atoms with van der Waals surface area (Å²) in [5, 5.41) is 0. The summed E-state index contributed by atoms with van der Waals surface area (Å²) in [4.78, 5) is 86.8. The van der Waals surface area contributed by atoms with Crippen molar-refractivity contribution in [1.29, 1.82) is 0 Å². The van der Waals surface area contributed by atoms with E-state index in [9.17, 15) is 28.8 Å². The highest BCUT2D eigenvalue weighted by Gasteiger charge is 2.45. The molecule has 1 fully saturated rings. The fraction of sp³-hybridized carbons (Fsp3) is 0.824. The van der Waals surface area contributed by atoms with Crippen LogP contribution in [0.25, 0.3) is 0 Å². The molecule has 1 aliphatic heterocycles. The monoisotopic (exact) mass is 653 g/mol. The number of hydrogen-bond acceptors (Lipinski definition) is 9. The molecule has 264 valence electrons. The molecule has 0 aromatic heterocycles. The van der Waals surface area contributed by atoms with Crippen molar-refractivity contribution in [1.82, 2.24) is 14.7 Å². The van der Waals surface area contributed by atoms with Gasteiger partial charge < -0.3 is 28.9 Å². The lowest BCUT2D eigenvalue weighted by molar-refractivity contribution is -0.181. The number of esters is 3. The largest absolute Gasteiger partial charge is 0.450 e. The maximum atomic E-state index is 14.0. The molecular formula is C34H59N3O9. The van der Waals surface area contributed by atoms with E-state index in [0.29, 0.717) is 6.42 Å². The first-order valence-corrected chi connectivity index (χ1v) is 16.5. The van der Waals surface area contributed by atoms with Crippen LogP contribution in [-0.4, -0.2) is 108 Å². The van der Waals surface area contributed by atoms with E-state index < -0.39 is 102 Å². The summed E-state index contributed by atoms with van der Waals surface area (Å²) in [5.74, 6) is -6.92. The lowest BCUT2D eigenvalue weighted by Gasteiger charge is -2.38. The molecule has 3 amide bonds. The molecule has 0 aromatic rings. The number of cyclic esters (lactones) is 3. The lowest BCUT2D eigenvalue weighted by Crippen LogP contribution is -2.58. The van der Waals surface area contributed by atoms with Crippen molar-refractivity contribution in [3.8, 4) is 0 Å². The zero-order valence-corrected chi connectivity index (χ0v) is 30.7. The van der Waals surface area contributed by atoms with Crippen molar-refractivity contribution in [2.24, 2.45) is 35.5 Å². The van der Waals surface area contributed by atoms with Crippen LogP contribution in [0.4, 0.5) is 0 Å². The van der Waals surface area contributed by atoms with Crippen LogP contribution in [0.5, 0.6) is 0 Å². The molecule has 0 aliphatic carbocycles. The molecule has 0 radical (unpaired) electrons. The SMILES string of the molecule is CC[C@H](C)[C@@H]1C(=O)O[C@H](C(C)C)C(=O)N(C)[C@H](C(C)C)C(=O)O[C@H](C(C)C)C(=O)N(C)[C@H](C(C)C)C(=O)O[C@H](C(C)C)C(=O)N1C. The van der Waals surface area contributed by atoms with Gasteiger partial charge >= 0.3 is 17.9 Å². The molecule has 12 heteroatoms. The maximum Gasteiger partial charge on any atom is 0.329 e. The van der Waals surface area contributed by atoms with Gasteiger partial charge in [-0.3, -0.25) is 14.4 Å². The van der Waals surface area contributed by atoms with Crippen LogP contribution < -0.4 is 0 Å². The average molecular weight is 654 g/mol. The highest BCUT2D eigenvalue weighted by atomic mass is 16.6. The van der Waals surface area contributed by atoms with Crippen molar-refractivity contribution in [2.75, 3.05) is 21.1 Å². The number of carbonyl (C=O) groups excluding carboxylic acids is 6. The van der Waals surface area contributed by atoms with Crippen molar-refractivity contribution in [2.45, 2.75) is 126 Å². The minimum Gasteiger partial charge on any atom is -0.450 e. The predicted molar refractivity (Wildman–Crippen MR) is 173 cm³/mol. The minimum absolute atomic E-state index is 0.380. The van der Waals surface area contributed by atoms with E-state index in [-0.39, 0.29) is 5.92 Å². The third-order valence-electron chi connectivity index (χ3n) is 8.74. The molecule has 0 aromatic carbocycles. The summed E-state index contributed by atoms with van der Waals surface area (Å²) in [5.41, 5.74) is 0. The van der Waals surface area contributed by atoms with Gasteiger partial charge in [0.2, 0.25) is 0 Å². The Balaban J connectivity index is 3.97. The van der Waals surface area contributed by atoms with Gasteiger partial charge in [-0.2, -0.15) is 0 Å². The maximum absolute atomic E-state index is 14.0. The first-order chi connectivity index (χ1) is 21.1. The Kier molecular flexibility index (Phi) is 15.2. The van der Waals surface area contributed by atoms with Gasteiger partial charge in [-0.15, -0.1) is 0 Å². The van der Waals surface area contributed by atoms with Crippen LogP contribution in [-0.2, 0) is 43.0 Å². The van der Waals surface area contributed by atoms with Crippen LogP contribution in [0.2, 0.25) is 0 Å². The second-order valence-electron chi connectivity index (χ2n) is 14.4. The van der Waals surface area contributed by atoms with Gasteiger partial charge in [-0.1, -0.05) is 89.5 Å². The van der Waals surface area contributed by atoms with E-state index in [1.807, 2.05) is 6.92 Å². The van der Waals surface area contributed by atoms with Gasteiger partial charge in [0.15, 0.2) is 18.3 Å². The molecule has 0 N–H and O–H groups in total. The Morgan fingerprint density at radius 2 is 0.696 bits per heavy atom. The molecule has 0 bridgehead atoms. The second kappa shape index (κ2) is 17.1. The van der Waals surface area contributed by atoms with E-state index in [1.54, 1.807) is 76.2 Å². The number of carbonyl (C=O) groups is 6. The van der Waals surface area contributed by atoms with E-state index >= 15 is 0 Å². The second-order valence-corrected chi connectivity index (χ2v) is 14.4. The summed E-state index contributed by atoms with van der Waals surface area (Å²) in [6.07, 6.45) is -3.33. The van der Waals surface area contributed by atoms with Crippen molar-refractivity contribution < 1.29 is 43.0 Å². The van der Waals surface area contributed by atoms with Crippen LogP contribution in [0.15, 0.2) is 0 Å². The lowest BCUT2D eigenvalue weighted by atomic mass is 9.95. The van der Waals surface area contributed by atoms with Gasteiger partial charge in [-0.25, -0.2) is 14.4 Å². The quantitative estimate of drug-likeness (QED) is 0.298. The fourth-order valence-corrected chi connectivity index (χ4v) is 5.76. The summed E-state index contributed by atoms with van der Waals surface area (Å²) >= 11 is 0. The molecule has 46 heavy (non-hydrogen) atoms. The summed E-state index contributed by atoms with van der Waals surface area (Å²) in [6.45, 7) is 20.9. The first kappa shape index (κ1) is 40.8. The molecular weight excluding hydrogens is 594 g/mol. The number of likely N-dealkylation sites (N-methyl/N-ethyl adjacent to an activating group) is 3. The number of rotatable bonds is 7. The van der Waals surface area contributed by atoms with E-state index in [1.165, 1.54) is 35.8 Å². The Morgan fingerprint density at radius 1 is 0.457 bits per heavy atom. The third-order valence-corrected chi connectivity index (χ3v) is 8.74. The smallest absolute Gasteiger partial charge is 0.329 e. The molecule has 1 heterocycles. The predicted octanol–water partition coefficient (Wildman–Crippen LogP) is 3.54. The van der Waals surface area contributed by atoms with Gasteiger partial charge in [-0.05, 0) is 35.5 Å². The third kappa shape index (κ3) is 9.44. The zero-order valence-electron chi connectivity index (χ0n) is 30.7.